The summed E-state index contributed by atoms with van der Waals surface area (Å²) in [6, 6.07) is -0.588. The molecular formula is C10H14BNO5. The largest absolute Gasteiger partial charge is 0.632 e. The fourth-order valence-corrected chi connectivity index (χ4v) is 2.45. The monoisotopic (exact) mass is 239 g/mol. The van der Waals surface area contributed by atoms with E-state index in [1.807, 2.05) is 11.8 Å². The standard InChI is InChI=1S/C10H14BNO5/c1-6-9(15-6)11-16-8(13)5-12-4-2-3-7(12)10(14)17-11/h6-7,9H,2-5H2,1H3/t6?,7-,9?/m0/s1. The van der Waals surface area contributed by atoms with E-state index in [9.17, 15) is 9.59 Å². The summed E-state index contributed by atoms with van der Waals surface area (Å²) in [5.74, 6) is -0.653. The minimum absolute atomic E-state index is 0.0142. The molecule has 0 saturated carbocycles. The van der Waals surface area contributed by atoms with Crippen LogP contribution in [0.1, 0.15) is 19.8 Å². The van der Waals surface area contributed by atoms with Gasteiger partial charge in [0, 0.05) is 0 Å². The number of fused-ring (bicyclic) bond motifs is 1. The second kappa shape index (κ2) is 3.99. The topological polar surface area (TPSA) is 68.4 Å². The highest BCUT2D eigenvalue weighted by atomic mass is 16.7. The van der Waals surface area contributed by atoms with E-state index in [-0.39, 0.29) is 36.6 Å². The molecule has 0 bridgehead atoms. The third-order valence-electron chi connectivity index (χ3n) is 3.47. The van der Waals surface area contributed by atoms with Crippen molar-refractivity contribution in [3.8, 4) is 0 Å². The van der Waals surface area contributed by atoms with Crippen LogP contribution in [-0.2, 0) is 23.6 Å². The van der Waals surface area contributed by atoms with Gasteiger partial charge in [-0.2, -0.15) is 0 Å². The Labute approximate surface area is 99.3 Å². The molecule has 6 nitrogen and oxygen atoms in total. The van der Waals surface area contributed by atoms with Gasteiger partial charge in [0.25, 0.3) is 0 Å². The molecule has 3 aliphatic rings. The fraction of sp³-hybridized carbons (Fsp3) is 0.800. The first-order valence-electron chi connectivity index (χ1n) is 5.94. The summed E-state index contributed by atoms with van der Waals surface area (Å²) in [5.41, 5.74) is 0. The molecule has 0 aliphatic carbocycles. The zero-order valence-corrected chi connectivity index (χ0v) is 9.63. The molecule has 0 aromatic carbocycles. The normalized spacial score (nSPS) is 37.9. The molecule has 3 heterocycles. The Bertz CT molecular complexity index is 363. The first-order valence-corrected chi connectivity index (χ1v) is 5.94. The van der Waals surface area contributed by atoms with E-state index in [2.05, 4.69) is 0 Å². The lowest BCUT2D eigenvalue weighted by molar-refractivity contribution is -0.149. The number of rotatable bonds is 1. The molecular weight excluding hydrogens is 225 g/mol. The van der Waals surface area contributed by atoms with Crippen molar-refractivity contribution in [2.75, 3.05) is 13.1 Å². The van der Waals surface area contributed by atoms with E-state index in [0.717, 1.165) is 19.4 Å². The number of carbonyl (C=O) groups excluding carboxylic acids is 2. The second-order valence-corrected chi connectivity index (χ2v) is 4.73. The summed E-state index contributed by atoms with van der Waals surface area (Å²) in [6.45, 7) is 2.76. The number of epoxide rings is 1. The number of ether oxygens (including phenoxy) is 1. The van der Waals surface area contributed by atoms with Gasteiger partial charge < -0.3 is 14.0 Å². The molecule has 7 heteroatoms. The molecule has 0 radical (unpaired) electrons. The van der Waals surface area contributed by atoms with Crippen molar-refractivity contribution in [1.29, 1.82) is 0 Å². The molecule has 0 N–H and O–H groups in total. The van der Waals surface area contributed by atoms with Crippen LogP contribution >= 0.6 is 0 Å². The third-order valence-corrected chi connectivity index (χ3v) is 3.47. The lowest BCUT2D eigenvalue weighted by Gasteiger charge is -2.26. The van der Waals surface area contributed by atoms with Crippen LogP contribution in [0.5, 0.6) is 0 Å². The highest BCUT2D eigenvalue weighted by molar-refractivity contribution is 6.51. The molecule has 0 spiro atoms. The Morgan fingerprint density at radius 3 is 2.82 bits per heavy atom. The fourth-order valence-electron chi connectivity index (χ4n) is 2.45. The van der Waals surface area contributed by atoms with Gasteiger partial charge in [-0.05, 0) is 26.3 Å². The van der Waals surface area contributed by atoms with Gasteiger partial charge in [0.15, 0.2) is 0 Å². The van der Waals surface area contributed by atoms with Gasteiger partial charge in [-0.25, -0.2) is 0 Å². The van der Waals surface area contributed by atoms with Gasteiger partial charge in [-0.15, -0.1) is 0 Å². The van der Waals surface area contributed by atoms with Crippen LogP contribution in [0.3, 0.4) is 0 Å². The molecule has 3 rings (SSSR count). The number of nitrogens with zero attached hydrogens (tertiary/aromatic N) is 1. The minimum Gasteiger partial charge on any atom is -0.496 e. The Morgan fingerprint density at radius 1 is 1.35 bits per heavy atom. The average Bonchev–Trinajstić information content (AvgIpc) is 2.81. The van der Waals surface area contributed by atoms with E-state index >= 15 is 0 Å². The van der Waals surface area contributed by atoms with Crippen LogP contribution in [0, 0.1) is 0 Å². The number of hydrogen-bond donors (Lipinski definition) is 0. The highest BCUT2D eigenvalue weighted by Gasteiger charge is 2.54. The highest BCUT2D eigenvalue weighted by Crippen LogP contribution is 2.28. The van der Waals surface area contributed by atoms with Gasteiger partial charge >= 0.3 is 19.1 Å². The molecule has 3 aliphatic heterocycles. The first-order chi connectivity index (χ1) is 8.15. The SMILES string of the molecule is CC1OC1B1OC(=O)CN2CCC[C@H]2C(=O)O1. The number of carbonyl (C=O) groups is 2. The molecule has 3 saturated heterocycles. The van der Waals surface area contributed by atoms with Crippen molar-refractivity contribution in [1.82, 2.24) is 4.90 Å². The van der Waals surface area contributed by atoms with Crippen molar-refractivity contribution < 1.29 is 23.6 Å². The lowest BCUT2D eigenvalue weighted by Crippen LogP contribution is -2.49. The van der Waals surface area contributed by atoms with E-state index in [4.69, 9.17) is 14.0 Å². The van der Waals surface area contributed by atoms with Gasteiger partial charge in [-0.1, -0.05) is 0 Å². The van der Waals surface area contributed by atoms with Crippen LogP contribution in [0.15, 0.2) is 0 Å². The van der Waals surface area contributed by atoms with E-state index in [0.29, 0.717) is 0 Å². The molecule has 3 fully saturated rings. The van der Waals surface area contributed by atoms with Gasteiger partial charge in [0.1, 0.15) is 12.0 Å². The van der Waals surface area contributed by atoms with Crippen LogP contribution in [-0.4, -0.2) is 55.2 Å². The Morgan fingerprint density at radius 2 is 2.12 bits per heavy atom. The summed E-state index contributed by atoms with van der Waals surface area (Å²) in [5, 5.41) is 0. The Kier molecular flexibility index (Phi) is 2.59. The van der Waals surface area contributed by atoms with E-state index in [1.54, 1.807) is 0 Å². The molecule has 2 unspecified atom stereocenters. The quantitative estimate of drug-likeness (QED) is 0.448. The zero-order chi connectivity index (χ0) is 12.0. The maximum atomic E-state index is 11.9. The van der Waals surface area contributed by atoms with Crippen LogP contribution in [0.4, 0.5) is 0 Å². The van der Waals surface area contributed by atoms with Crippen molar-refractivity contribution >= 4 is 19.1 Å². The van der Waals surface area contributed by atoms with E-state index in [1.165, 1.54) is 0 Å². The molecule has 3 atom stereocenters. The average molecular weight is 239 g/mol. The predicted molar refractivity (Wildman–Crippen MR) is 56.9 cm³/mol. The third kappa shape index (κ3) is 2.04. The lowest BCUT2D eigenvalue weighted by atomic mass is 9.82. The minimum atomic E-state index is -0.868. The van der Waals surface area contributed by atoms with E-state index < -0.39 is 7.12 Å². The zero-order valence-electron chi connectivity index (χ0n) is 9.63. The van der Waals surface area contributed by atoms with Crippen LogP contribution < -0.4 is 0 Å². The number of hydrogen-bond acceptors (Lipinski definition) is 6. The van der Waals surface area contributed by atoms with Crippen LogP contribution in [0.2, 0.25) is 0 Å². The van der Waals surface area contributed by atoms with Gasteiger partial charge in [0.2, 0.25) is 0 Å². The van der Waals surface area contributed by atoms with Gasteiger partial charge in [-0.3, -0.25) is 14.5 Å². The summed E-state index contributed by atoms with van der Waals surface area (Å²) < 4.78 is 15.5. The molecule has 92 valence electrons. The molecule has 0 aromatic rings. The predicted octanol–water partition coefficient (Wildman–Crippen LogP) is -0.635. The first kappa shape index (κ1) is 11.0. The summed E-state index contributed by atoms with van der Waals surface area (Å²) in [4.78, 5) is 25.3. The smallest absolute Gasteiger partial charge is 0.496 e. The Balaban J connectivity index is 1.74. The maximum absolute atomic E-state index is 11.9. The second-order valence-electron chi connectivity index (χ2n) is 4.73. The van der Waals surface area contributed by atoms with Crippen molar-refractivity contribution in [2.24, 2.45) is 0 Å². The summed E-state index contributed by atoms with van der Waals surface area (Å²) >= 11 is 0. The summed E-state index contributed by atoms with van der Waals surface area (Å²) in [7, 11) is -0.868. The Hall–Kier alpha value is -1.08. The van der Waals surface area contributed by atoms with Crippen molar-refractivity contribution in [2.45, 2.75) is 37.9 Å². The maximum Gasteiger partial charge on any atom is 0.632 e. The molecule has 17 heavy (non-hydrogen) atoms. The van der Waals surface area contributed by atoms with Crippen molar-refractivity contribution in [3.63, 3.8) is 0 Å². The van der Waals surface area contributed by atoms with Crippen LogP contribution in [0.25, 0.3) is 0 Å². The molecule has 0 amide bonds. The van der Waals surface area contributed by atoms with Gasteiger partial charge in [0.05, 0.1) is 12.6 Å². The summed E-state index contributed by atoms with van der Waals surface area (Å²) in [6.07, 6.45) is 1.65. The molecule has 0 aromatic heterocycles. The van der Waals surface area contributed by atoms with Crippen molar-refractivity contribution in [3.05, 3.63) is 0 Å².